The van der Waals surface area contributed by atoms with Gasteiger partial charge in [0, 0.05) is 11.2 Å². The average Bonchev–Trinajstić information content (AvgIpc) is 2.46. The summed E-state index contributed by atoms with van der Waals surface area (Å²) in [7, 11) is 0. The van der Waals surface area contributed by atoms with Crippen LogP contribution < -0.4 is 5.43 Å². The van der Waals surface area contributed by atoms with E-state index in [9.17, 15) is 9.59 Å². The molecule has 2 aromatic rings. The van der Waals surface area contributed by atoms with Crippen LogP contribution in [-0.4, -0.2) is 17.1 Å². The molecule has 0 aliphatic carbocycles. The molecular weight excluding hydrogens is 325 g/mol. The lowest BCUT2D eigenvalue weighted by molar-refractivity contribution is 0.0524. The first-order chi connectivity index (χ1) is 10.5. The Morgan fingerprint density at radius 2 is 2.09 bits per heavy atom. The largest absolute Gasteiger partial charge is 0.462 e. The van der Waals surface area contributed by atoms with Gasteiger partial charge < -0.3 is 9.30 Å². The lowest BCUT2D eigenvalue weighted by Gasteiger charge is -2.12. The van der Waals surface area contributed by atoms with Crippen molar-refractivity contribution in [2.75, 3.05) is 6.61 Å². The minimum Gasteiger partial charge on any atom is -0.462 e. The zero-order valence-electron chi connectivity index (χ0n) is 12.1. The van der Waals surface area contributed by atoms with Crippen molar-refractivity contribution in [3.8, 4) is 11.8 Å². The fourth-order valence-electron chi connectivity index (χ4n) is 2.08. The Balaban J connectivity index is 2.84. The molecule has 0 atom stereocenters. The number of fused-ring (bicyclic) bond motifs is 1. The number of nitrogens with zero attached hydrogens (tertiary/aromatic N) is 1. The summed E-state index contributed by atoms with van der Waals surface area (Å²) in [6.45, 7) is 3.86. The number of halogens is 2. The van der Waals surface area contributed by atoms with Crippen LogP contribution in [0.2, 0.25) is 10.0 Å². The second kappa shape index (κ2) is 6.87. The predicted octanol–water partition coefficient (Wildman–Crippen LogP) is 3.51. The highest BCUT2D eigenvalue weighted by molar-refractivity contribution is 6.38. The van der Waals surface area contributed by atoms with Crippen molar-refractivity contribution < 1.29 is 9.53 Å². The lowest BCUT2D eigenvalue weighted by Crippen LogP contribution is -2.21. The maximum Gasteiger partial charge on any atom is 0.343 e. The van der Waals surface area contributed by atoms with E-state index in [0.29, 0.717) is 17.1 Å². The third-order valence-electron chi connectivity index (χ3n) is 3.02. The molecule has 0 aliphatic rings. The first-order valence-electron chi connectivity index (χ1n) is 6.58. The molecule has 0 spiro atoms. The number of ether oxygens (including phenoxy) is 1. The van der Waals surface area contributed by atoms with E-state index in [1.807, 2.05) is 0 Å². The van der Waals surface area contributed by atoms with Gasteiger partial charge in [0.1, 0.15) is 5.56 Å². The van der Waals surface area contributed by atoms with Crippen LogP contribution in [0.5, 0.6) is 0 Å². The molecule has 0 radical (unpaired) electrons. The summed E-state index contributed by atoms with van der Waals surface area (Å²) in [6, 6.07) is 3.09. The number of hydrogen-bond donors (Lipinski definition) is 0. The Labute approximate surface area is 137 Å². The molecule has 4 nitrogen and oxygen atoms in total. The molecule has 1 heterocycles. The number of carbonyl (C=O) groups is 1. The van der Waals surface area contributed by atoms with Crippen LogP contribution in [0, 0.1) is 11.8 Å². The Bertz CT molecular complexity index is 860. The molecular formula is C16H13Cl2NO3. The zero-order valence-corrected chi connectivity index (χ0v) is 13.6. The van der Waals surface area contributed by atoms with Crippen molar-refractivity contribution in [3.63, 3.8) is 0 Å². The topological polar surface area (TPSA) is 48.3 Å². The SMILES string of the molecule is CC#CCn1cc(C(=O)OCC)c(=O)c2c(Cl)cc(Cl)cc21. The fraction of sp³-hybridized carbons (Fsp3) is 0.250. The minimum atomic E-state index is -0.682. The van der Waals surface area contributed by atoms with Crippen molar-refractivity contribution in [2.24, 2.45) is 0 Å². The van der Waals surface area contributed by atoms with E-state index in [0.717, 1.165) is 0 Å². The van der Waals surface area contributed by atoms with Gasteiger partial charge in [0.05, 0.1) is 29.1 Å². The molecule has 0 saturated heterocycles. The van der Waals surface area contributed by atoms with Crippen LogP contribution in [-0.2, 0) is 11.3 Å². The number of esters is 1. The lowest BCUT2D eigenvalue weighted by atomic mass is 10.1. The third-order valence-corrected chi connectivity index (χ3v) is 3.54. The number of pyridine rings is 1. The van der Waals surface area contributed by atoms with Gasteiger partial charge in [0.2, 0.25) is 5.43 Å². The van der Waals surface area contributed by atoms with Gasteiger partial charge in [-0.2, -0.15) is 0 Å². The van der Waals surface area contributed by atoms with E-state index in [1.165, 1.54) is 12.3 Å². The molecule has 0 saturated carbocycles. The van der Waals surface area contributed by atoms with E-state index in [-0.39, 0.29) is 22.6 Å². The van der Waals surface area contributed by atoms with E-state index in [2.05, 4.69) is 11.8 Å². The summed E-state index contributed by atoms with van der Waals surface area (Å²) in [5, 5.41) is 0.824. The number of rotatable bonds is 3. The second-order valence-corrected chi connectivity index (χ2v) is 5.27. The molecule has 1 aromatic heterocycles. The van der Waals surface area contributed by atoms with Crippen LogP contribution in [0.3, 0.4) is 0 Å². The number of benzene rings is 1. The van der Waals surface area contributed by atoms with Gasteiger partial charge in [0.15, 0.2) is 0 Å². The van der Waals surface area contributed by atoms with Crippen molar-refractivity contribution >= 4 is 40.1 Å². The predicted molar refractivity (Wildman–Crippen MR) is 87.6 cm³/mol. The van der Waals surface area contributed by atoms with E-state index < -0.39 is 11.4 Å². The van der Waals surface area contributed by atoms with Gasteiger partial charge in [0.25, 0.3) is 0 Å². The smallest absolute Gasteiger partial charge is 0.343 e. The average molecular weight is 338 g/mol. The van der Waals surface area contributed by atoms with Gasteiger partial charge >= 0.3 is 5.97 Å². The maximum absolute atomic E-state index is 12.5. The quantitative estimate of drug-likeness (QED) is 0.636. The van der Waals surface area contributed by atoms with Crippen LogP contribution >= 0.6 is 23.2 Å². The fourth-order valence-corrected chi connectivity index (χ4v) is 2.65. The molecule has 1 aromatic carbocycles. The summed E-state index contributed by atoms with van der Waals surface area (Å²) in [5.41, 5.74) is -0.0226. The monoisotopic (exact) mass is 337 g/mol. The van der Waals surface area contributed by atoms with Crippen LogP contribution in [0.1, 0.15) is 24.2 Å². The van der Waals surface area contributed by atoms with Crippen LogP contribution in [0.15, 0.2) is 23.1 Å². The first-order valence-corrected chi connectivity index (χ1v) is 7.34. The molecule has 0 aliphatic heterocycles. The Morgan fingerprint density at radius 3 is 2.73 bits per heavy atom. The molecule has 0 bridgehead atoms. The van der Waals surface area contributed by atoms with Gasteiger partial charge in [-0.3, -0.25) is 4.79 Å². The molecule has 0 amide bonds. The zero-order chi connectivity index (χ0) is 16.3. The van der Waals surface area contributed by atoms with Crippen molar-refractivity contribution in [2.45, 2.75) is 20.4 Å². The highest BCUT2D eigenvalue weighted by Gasteiger charge is 2.18. The van der Waals surface area contributed by atoms with Gasteiger partial charge in [-0.05, 0) is 26.0 Å². The van der Waals surface area contributed by atoms with Crippen molar-refractivity contribution in [1.29, 1.82) is 0 Å². The summed E-state index contributed by atoms with van der Waals surface area (Å²) in [5.74, 6) is 4.97. The molecule has 0 fully saturated rings. The minimum absolute atomic E-state index is 0.0727. The summed E-state index contributed by atoms with van der Waals surface area (Å²) in [4.78, 5) is 24.5. The Morgan fingerprint density at radius 1 is 1.36 bits per heavy atom. The summed E-state index contributed by atoms with van der Waals surface area (Å²) in [6.07, 6.45) is 1.43. The molecule has 0 unspecified atom stereocenters. The normalized spacial score (nSPS) is 10.2. The highest BCUT2D eigenvalue weighted by atomic mass is 35.5. The van der Waals surface area contributed by atoms with Gasteiger partial charge in [-0.25, -0.2) is 4.79 Å². The molecule has 0 N–H and O–H groups in total. The van der Waals surface area contributed by atoms with E-state index in [1.54, 1.807) is 24.5 Å². The second-order valence-electron chi connectivity index (χ2n) is 4.43. The van der Waals surface area contributed by atoms with Crippen LogP contribution in [0.4, 0.5) is 0 Å². The van der Waals surface area contributed by atoms with E-state index >= 15 is 0 Å². The number of hydrogen-bond acceptors (Lipinski definition) is 3. The highest BCUT2D eigenvalue weighted by Crippen LogP contribution is 2.26. The first kappa shape index (κ1) is 16.4. The Kier molecular flexibility index (Phi) is 5.12. The third kappa shape index (κ3) is 3.11. The van der Waals surface area contributed by atoms with Crippen molar-refractivity contribution in [3.05, 3.63) is 44.2 Å². The van der Waals surface area contributed by atoms with Gasteiger partial charge in [-0.15, -0.1) is 5.92 Å². The molecule has 114 valence electrons. The standard InChI is InChI=1S/C16H13Cl2NO3/c1-3-5-6-19-9-11(16(21)22-4-2)15(20)14-12(18)7-10(17)8-13(14)19/h7-9H,4,6H2,1-2H3. The number of carbonyl (C=O) groups excluding carboxylic acids is 1. The van der Waals surface area contributed by atoms with Gasteiger partial charge in [-0.1, -0.05) is 29.1 Å². The molecule has 6 heteroatoms. The summed E-state index contributed by atoms with van der Waals surface area (Å²) >= 11 is 12.1. The maximum atomic E-state index is 12.5. The van der Waals surface area contributed by atoms with E-state index in [4.69, 9.17) is 27.9 Å². The number of aromatic nitrogens is 1. The summed E-state index contributed by atoms with van der Waals surface area (Å²) < 4.78 is 6.59. The molecule has 22 heavy (non-hydrogen) atoms. The Hall–Kier alpha value is -1.96. The van der Waals surface area contributed by atoms with Crippen LogP contribution in [0.25, 0.3) is 10.9 Å². The van der Waals surface area contributed by atoms with Crippen molar-refractivity contribution in [1.82, 2.24) is 4.57 Å². The molecule has 2 rings (SSSR count).